The molecule has 3 rings (SSSR count). The van der Waals surface area contributed by atoms with Crippen molar-refractivity contribution >= 4 is 40.0 Å². The highest BCUT2D eigenvalue weighted by atomic mass is 35.5. The van der Waals surface area contributed by atoms with E-state index >= 15 is 0 Å². The Morgan fingerprint density at radius 2 is 2.09 bits per heavy atom. The summed E-state index contributed by atoms with van der Waals surface area (Å²) in [5.74, 6) is 0.243. The highest BCUT2D eigenvalue weighted by molar-refractivity contribution is 6.30. The van der Waals surface area contributed by atoms with Crippen LogP contribution in [0.5, 0.6) is 0 Å². The number of halogens is 1. The van der Waals surface area contributed by atoms with Gasteiger partial charge in [0.15, 0.2) is 5.65 Å². The number of hydrogen-bond donors (Lipinski definition) is 2. The summed E-state index contributed by atoms with van der Waals surface area (Å²) in [6.45, 7) is 1.90. The number of hydrogen-bond acceptors (Lipinski definition) is 5. The summed E-state index contributed by atoms with van der Waals surface area (Å²) >= 11 is 5.92. The van der Waals surface area contributed by atoms with Crippen molar-refractivity contribution in [1.82, 2.24) is 19.7 Å². The van der Waals surface area contributed by atoms with Gasteiger partial charge in [0, 0.05) is 25.0 Å². The third kappa shape index (κ3) is 2.95. The number of aryl methyl sites for hydroxylation is 2. The zero-order valence-electron chi connectivity index (χ0n) is 12.9. The lowest BCUT2D eigenvalue weighted by Crippen LogP contribution is -2.13. The summed E-state index contributed by atoms with van der Waals surface area (Å²) in [5.41, 5.74) is 2.63. The van der Waals surface area contributed by atoms with E-state index in [1.807, 2.05) is 20.0 Å². The first-order chi connectivity index (χ1) is 11.0. The standard InChI is InChI=1S/C15H15ClN6O/c1-8-11-6-10(7-18-14(11)22(3)21-8)19-15(23)9-4-12(16)20-13(5-9)17-2/h4-7H,1-3H3,(H,17,20)(H,19,23). The van der Waals surface area contributed by atoms with Crippen LogP contribution in [-0.2, 0) is 7.05 Å². The molecular formula is C15H15ClN6O. The number of carbonyl (C=O) groups excluding carboxylic acids is 1. The molecular weight excluding hydrogens is 316 g/mol. The predicted molar refractivity (Wildman–Crippen MR) is 90.0 cm³/mol. The van der Waals surface area contributed by atoms with Gasteiger partial charge in [0.2, 0.25) is 0 Å². The molecule has 0 fully saturated rings. The van der Waals surface area contributed by atoms with E-state index < -0.39 is 0 Å². The maximum atomic E-state index is 12.4. The number of fused-ring (bicyclic) bond motifs is 1. The van der Waals surface area contributed by atoms with Gasteiger partial charge in [-0.3, -0.25) is 9.48 Å². The smallest absolute Gasteiger partial charge is 0.255 e. The number of nitrogens with zero attached hydrogens (tertiary/aromatic N) is 4. The SMILES string of the molecule is CNc1cc(C(=O)Nc2cnc3c(c2)c(C)nn3C)cc(Cl)n1. The second-order valence-electron chi connectivity index (χ2n) is 5.07. The average molecular weight is 331 g/mol. The summed E-state index contributed by atoms with van der Waals surface area (Å²) in [6.07, 6.45) is 1.60. The van der Waals surface area contributed by atoms with Gasteiger partial charge >= 0.3 is 0 Å². The molecule has 23 heavy (non-hydrogen) atoms. The van der Waals surface area contributed by atoms with Crippen molar-refractivity contribution in [2.24, 2.45) is 7.05 Å². The highest BCUT2D eigenvalue weighted by Gasteiger charge is 2.12. The maximum absolute atomic E-state index is 12.4. The molecule has 0 atom stereocenters. The Morgan fingerprint density at radius 3 is 2.83 bits per heavy atom. The van der Waals surface area contributed by atoms with Gasteiger partial charge in [-0.1, -0.05) is 11.6 Å². The average Bonchev–Trinajstić information content (AvgIpc) is 2.81. The molecule has 3 aromatic heterocycles. The highest BCUT2D eigenvalue weighted by Crippen LogP contribution is 2.20. The molecule has 0 spiro atoms. The van der Waals surface area contributed by atoms with Crippen LogP contribution in [0, 0.1) is 6.92 Å². The normalized spacial score (nSPS) is 10.8. The van der Waals surface area contributed by atoms with Crippen LogP contribution >= 0.6 is 11.6 Å². The predicted octanol–water partition coefficient (Wildman–Crippen LogP) is 2.62. The maximum Gasteiger partial charge on any atom is 0.255 e. The Balaban J connectivity index is 1.91. The number of carbonyl (C=O) groups is 1. The third-order valence-electron chi connectivity index (χ3n) is 3.43. The van der Waals surface area contributed by atoms with Crippen molar-refractivity contribution < 1.29 is 4.79 Å². The second kappa shape index (κ2) is 5.85. The summed E-state index contributed by atoms with van der Waals surface area (Å²) < 4.78 is 1.71. The monoisotopic (exact) mass is 330 g/mol. The molecule has 0 aliphatic carbocycles. The Labute approximate surface area is 137 Å². The fourth-order valence-corrected chi connectivity index (χ4v) is 2.54. The van der Waals surface area contributed by atoms with Crippen LogP contribution in [0.1, 0.15) is 16.1 Å². The largest absolute Gasteiger partial charge is 0.373 e. The van der Waals surface area contributed by atoms with Crippen molar-refractivity contribution in [3.05, 3.63) is 40.8 Å². The molecule has 1 amide bonds. The van der Waals surface area contributed by atoms with Gasteiger partial charge in [-0.25, -0.2) is 9.97 Å². The fraction of sp³-hybridized carbons (Fsp3) is 0.200. The lowest BCUT2D eigenvalue weighted by atomic mass is 10.2. The molecule has 8 heteroatoms. The van der Waals surface area contributed by atoms with E-state index in [4.69, 9.17) is 11.6 Å². The van der Waals surface area contributed by atoms with E-state index in [0.29, 0.717) is 17.1 Å². The molecule has 0 aliphatic rings. The minimum atomic E-state index is -0.284. The number of aromatic nitrogens is 4. The van der Waals surface area contributed by atoms with E-state index in [1.54, 1.807) is 24.0 Å². The molecule has 3 heterocycles. The van der Waals surface area contributed by atoms with Crippen LogP contribution in [0.3, 0.4) is 0 Å². The van der Waals surface area contributed by atoms with Crippen LogP contribution in [0.2, 0.25) is 5.15 Å². The molecule has 118 valence electrons. The molecule has 0 saturated carbocycles. The minimum absolute atomic E-state index is 0.249. The van der Waals surface area contributed by atoms with Crippen molar-refractivity contribution in [1.29, 1.82) is 0 Å². The second-order valence-corrected chi connectivity index (χ2v) is 5.46. The van der Waals surface area contributed by atoms with E-state index in [2.05, 4.69) is 25.7 Å². The molecule has 0 saturated heterocycles. The summed E-state index contributed by atoms with van der Waals surface area (Å²) in [4.78, 5) is 20.8. The molecule has 3 aromatic rings. The number of anilines is 2. The van der Waals surface area contributed by atoms with Gasteiger partial charge in [-0.05, 0) is 25.1 Å². The molecule has 7 nitrogen and oxygen atoms in total. The van der Waals surface area contributed by atoms with Gasteiger partial charge in [-0.2, -0.15) is 5.10 Å². The summed E-state index contributed by atoms with van der Waals surface area (Å²) in [5, 5.41) is 11.1. The summed E-state index contributed by atoms with van der Waals surface area (Å²) in [7, 11) is 3.54. The van der Waals surface area contributed by atoms with Gasteiger partial charge < -0.3 is 10.6 Å². The van der Waals surface area contributed by atoms with Crippen molar-refractivity contribution in [3.8, 4) is 0 Å². The first kappa shape index (κ1) is 15.2. The number of nitrogens with one attached hydrogen (secondary N) is 2. The minimum Gasteiger partial charge on any atom is -0.373 e. The Bertz CT molecular complexity index is 904. The van der Waals surface area contributed by atoms with Crippen molar-refractivity contribution in [3.63, 3.8) is 0 Å². The Hall–Kier alpha value is -2.67. The van der Waals surface area contributed by atoms with Gasteiger partial charge in [-0.15, -0.1) is 0 Å². The van der Waals surface area contributed by atoms with Crippen LogP contribution < -0.4 is 10.6 Å². The zero-order valence-corrected chi connectivity index (χ0v) is 13.6. The van der Waals surface area contributed by atoms with Crippen molar-refractivity contribution in [2.45, 2.75) is 6.92 Å². The van der Waals surface area contributed by atoms with E-state index in [-0.39, 0.29) is 11.1 Å². The lowest BCUT2D eigenvalue weighted by molar-refractivity contribution is 0.102. The zero-order chi connectivity index (χ0) is 16.6. The van der Waals surface area contributed by atoms with E-state index in [9.17, 15) is 4.79 Å². The van der Waals surface area contributed by atoms with E-state index in [0.717, 1.165) is 16.7 Å². The molecule has 0 unspecified atom stereocenters. The van der Waals surface area contributed by atoms with Crippen LogP contribution in [0.25, 0.3) is 11.0 Å². The third-order valence-corrected chi connectivity index (χ3v) is 3.63. The first-order valence-corrected chi connectivity index (χ1v) is 7.32. The topological polar surface area (TPSA) is 84.7 Å². The van der Waals surface area contributed by atoms with Crippen LogP contribution in [-0.4, -0.2) is 32.7 Å². The van der Waals surface area contributed by atoms with Gasteiger partial charge in [0.05, 0.1) is 17.6 Å². The van der Waals surface area contributed by atoms with Gasteiger partial charge in [0.1, 0.15) is 11.0 Å². The molecule has 0 aliphatic heterocycles. The fourth-order valence-electron chi connectivity index (χ4n) is 2.34. The quantitative estimate of drug-likeness (QED) is 0.721. The molecule has 2 N–H and O–H groups in total. The molecule has 0 aromatic carbocycles. The van der Waals surface area contributed by atoms with Crippen LogP contribution in [0.15, 0.2) is 24.4 Å². The van der Waals surface area contributed by atoms with Gasteiger partial charge in [0.25, 0.3) is 5.91 Å². The first-order valence-electron chi connectivity index (χ1n) is 6.94. The number of amides is 1. The molecule has 0 radical (unpaired) electrons. The van der Waals surface area contributed by atoms with Crippen LogP contribution in [0.4, 0.5) is 11.5 Å². The van der Waals surface area contributed by atoms with Crippen molar-refractivity contribution in [2.75, 3.05) is 17.7 Å². The summed E-state index contributed by atoms with van der Waals surface area (Å²) in [6, 6.07) is 4.99. The Morgan fingerprint density at radius 1 is 1.30 bits per heavy atom. The Kier molecular flexibility index (Phi) is 3.87. The lowest BCUT2D eigenvalue weighted by Gasteiger charge is -2.07. The van der Waals surface area contributed by atoms with E-state index in [1.165, 1.54) is 6.07 Å². The number of rotatable bonds is 3. The number of pyridine rings is 2. The molecule has 0 bridgehead atoms.